The largest absolute Gasteiger partial charge is 0.493 e. The van der Waals surface area contributed by atoms with Crippen molar-refractivity contribution in [1.29, 1.82) is 0 Å². The number of hydrogen-bond acceptors (Lipinski definition) is 4. The molecule has 1 aromatic rings. The van der Waals surface area contributed by atoms with E-state index in [1.54, 1.807) is 14.2 Å². The van der Waals surface area contributed by atoms with Crippen LogP contribution in [0.2, 0.25) is 0 Å². The maximum Gasteiger partial charge on any atom is 0.161 e. The van der Waals surface area contributed by atoms with Crippen LogP contribution in [0.3, 0.4) is 0 Å². The minimum atomic E-state index is 0.127. The zero-order valence-electron chi connectivity index (χ0n) is 12.4. The zero-order valence-corrected chi connectivity index (χ0v) is 14.0. The average Bonchev–Trinajstić information content (AvgIpc) is 2.87. The van der Waals surface area contributed by atoms with Crippen molar-refractivity contribution < 1.29 is 14.2 Å². The summed E-state index contributed by atoms with van der Waals surface area (Å²) in [4.78, 5) is 0. The molecule has 112 valence electrons. The van der Waals surface area contributed by atoms with E-state index in [0.717, 1.165) is 34.6 Å². The first-order valence-corrected chi connectivity index (χ1v) is 7.62. The second-order valence-corrected chi connectivity index (χ2v) is 5.95. The number of likely N-dealkylation sites (N-methyl/N-ethyl adjacent to an activating group) is 1. The molecule has 1 aliphatic heterocycles. The van der Waals surface area contributed by atoms with E-state index in [1.165, 1.54) is 0 Å². The predicted molar refractivity (Wildman–Crippen MR) is 82.6 cm³/mol. The first-order valence-electron chi connectivity index (χ1n) is 6.82. The molecule has 0 bridgehead atoms. The molecule has 1 fully saturated rings. The van der Waals surface area contributed by atoms with E-state index < -0.39 is 0 Å². The van der Waals surface area contributed by atoms with Crippen molar-refractivity contribution in [3.8, 4) is 11.5 Å². The van der Waals surface area contributed by atoms with Gasteiger partial charge in [0.15, 0.2) is 11.5 Å². The topological polar surface area (TPSA) is 39.7 Å². The summed E-state index contributed by atoms with van der Waals surface area (Å²) in [6.07, 6.45) is 1.28. The van der Waals surface area contributed by atoms with Crippen molar-refractivity contribution in [3.63, 3.8) is 0 Å². The number of benzene rings is 1. The highest BCUT2D eigenvalue weighted by Crippen LogP contribution is 2.39. The molecule has 1 aliphatic rings. The molecule has 1 heterocycles. The quantitative estimate of drug-likeness (QED) is 0.891. The van der Waals surface area contributed by atoms with Crippen LogP contribution in [0.1, 0.15) is 24.9 Å². The number of nitrogens with one attached hydrogen (secondary N) is 1. The molecule has 3 atom stereocenters. The monoisotopic (exact) mass is 343 g/mol. The Hall–Kier alpha value is -0.780. The standard InChI is InChI=1S/C15H22BrNO3/c1-9-5-6-20-15(9)14(17-2)10-7-12(18-3)13(19-4)8-11(10)16/h7-9,14-15,17H,5-6H2,1-4H3. The lowest BCUT2D eigenvalue weighted by atomic mass is 9.92. The van der Waals surface area contributed by atoms with Gasteiger partial charge in [-0.1, -0.05) is 22.9 Å². The van der Waals surface area contributed by atoms with Gasteiger partial charge in [0.1, 0.15) is 0 Å². The molecule has 5 heteroatoms. The fourth-order valence-electron chi connectivity index (χ4n) is 2.75. The first-order chi connectivity index (χ1) is 9.62. The fourth-order valence-corrected chi connectivity index (χ4v) is 3.32. The van der Waals surface area contributed by atoms with E-state index >= 15 is 0 Å². The second kappa shape index (κ2) is 6.78. The van der Waals surface area contributed by atoms with Gasteiger partial charge >= 0.3 is 0 Å². The third-order valence-electron chi connectivity index (χ3n) is 3.92. The maximum absolute atomic E-state index is 5.90. The summed E-state index contributed by atoms with van der Waals surface area (Å²) in [6, 6.07) is 4.08. The second-order valence-electron chi connectivity index (χ2n) is 5.10. The highest BCUT2D eigenvalue weighted by atomic mass is 79.9. The molecule has 0 radical (unpaired) electrons. The highest BCUT2D eigenvalue weighted by Gasteiger charge is 2.33. The van der Waals surface area contributed by atoms with Crippen LogP contribution in [-0.4, -0.2) is 34.0 Å². The van der Waals surface area contributed by atoms with Gasteiger partial charge < -0.3 is 19.5 Å². The molecular weight excluding hydrogens is 322 g/mol. The van der Waals surface area contributed by atoms with Crippen molar-refractivity contribution in [2.45, 2.75) is 25.5 Å². The molecule has 0 spiro atoms. The Morgan fingerprint density at radius 2 is 1.95 bits per heavy atom. The van der Waals surface area contributed by atoms with Gasteiger partial charge in [0, 0.05) is 11.1 Å². The summed E-state index contributed by atoms with van der Waals surface area (Å²) < 4.78 is 17.6. The Balaban J connectivity index is 2.38. The summed E-state index contributed by atoms with van der Waals surface area (Å²) in [5.74, 6) is 1.99. The summed E-state index contributed by atoms with van der Waals surface area (Å²) >= 11 is 3.63. The molecule has 0 aliphatic carbocycles. The van der Waals surface area contributed by atoms with E-state index in [2.05, 4.69) is 28.2 Å². The maximum atomic E-state index is 5.90. The Kier molecular flexibility index (Phi) is 5.29. The highest BCUT2D eigenvalue weighted by molar-refractivity contribution is 9.10. The van der Waals surface area contributed by atoms with Gasteiger partial charge in [-0.15, -0.1) is 0 Å². The summed E-state index contributed by atoms with van der Waals surface area (Å²) in [5.41, 5.74) is 1.13. The molecular formula is C15H22BrNO3. The first kappa shape index (κ1) is 15.6. The number of halogens is 1. The lowest BCUT2D eigenvalue weighted by Crippen LogP contribution is -2.32. The van der Waals surface area contributed by atoms with Crippen molar-refractivity contribution in [3.05, 3.63) is 22.2 Å². The minimum Gasteiger partial charge on any atom is -0.493 e. The van der Waals surface area contributed by atoms with Crippen LogP contribution in [-0.2, 0) is 4.74 Å². The van der Waals surface area contributed by atoms with Gasteiger partial charge in [0.05, 0.1) is 26.4 Å². The van der Waals surface area contributed by atoms with Gasteiger partial charge in [0.2, 0.25) is 0 Å². The van der Waals surface area contributed by atoms with Crippen LogP contribution in [0.15, 0.2) is 16.6 Å². The number of methoxy groups -OCH3 is 2. The molecule has 1 aromatic carbocycles. The van der Waals surface area contributed by atoms with Gasteiger partial charge in [-0.2, -0.15) is 0 Å². The fraction of sp³-hybridized carbons (Fsp3) is 0.600. The molecule has 0 saturated carbocycles. The van der Waals surface area contributed by atoms with Crippen LogP contribution in [0, 0.1) is 5.92 Å². The molecule has 0 aromatic heterocycles. The Morgan fingerprint density at radius 1 is 1.30 bits per heavy atom. The molecule has 3 unspecified atom stereocenters. The van der Waals surface area contributed by atoms with Crippen LogP contribution in [0.4, 0.5) is 0 Å². The third-order valence-corrected chi connectivity index (χ3v) is 4.61. The Labute approximate surface area is 128 Å². The number of hydrogen-bond donors (Lipinski definition) is 1. The van der Waals surface area contributed by atoms with Crippen molar-refractivity contribution in [2.75, 3.05) is 27.9 Å². The zero-order chi connectivity index (χ0) is 14.7. The van der Waals surface area contributed by atoms with Crippen molar-refractivity contribution in [2.24, 2.45) is 5.92 Å². The van der Waals surface area contributed by atoms with Crippen molar-refractivity contribution in [1.82, 2.24) is 5.32 Å². The van der Waals surface area contributed by atoms with Gasteiger partial charge in [0.25, 0.3) is 0 Å². The lowest BCUT2D eigenvalue weighted by Gasteiger charge is -2.27. The predicted octanol–water partition coefficient (Wildman–Crippen LogP) is 3.15. The van der Waals surface area contributed by atoms with Crippen LogP contribution >= 0.6 is 15.9 Å². The smallest absolute Gasteiger partial charge is 0.161 e. The molecule has 20 heavy (non-hydrogen) atoms. The Bertz CT molecular complexity index is 467. The van der Waals surface area contributed by atoms with Crippen LogP contribution in [0.5, 0.6) is 11.5 Å². The van der Waals surface area contributed by atoms with Gasteiger partial charge in [-0.05, 0) is 37.1 Å². The summed E-state index contributed by atoms with van der Waals surface area (Å²) in [7, 11) is 5.25. The van der Waals surface area contributed by atoms with Crippen LogP contribution in [0.25, 0.3) is 0 Å². The van der Waals surface area contributed by atoms with E-state index in [0.29, 0.717) is 5.92 Å². The molecule has 4 nitrogen and oxygen atoms in total. The van der Waals surface area contributed by atoms with Gasteiger partial charge in [-0.25, -0.2) is 0 Å². The number of rotatable bonds is 5. The lowest BCUT2D eigenvalue weighted by molar-refractivity contribution is 0.0628. The summed E-state index contributed by atoms with van der Waals surface area (Å²) in [6.45, 7) is 3.06. The normalized spacial score (nSPS) is 23.6. The number of ether oxygens (including phenoxy) is 3. The molecule has 1 N–H and O–H groups in total. The van der Waals surface area contributed by atoms with Gasteiger partial charge in [-0.3, -0.25) is 0 Å². The molecule has 2 rings (SSSR count). The third kappa shape index (κ3) is 2.95. The van der Waals surface area contributed by atoms with E-state index in [9.17, 15) is 0 Å². The SMILES string of the molecule is CNC(c1cc(OC)c(OC)cc1Br)C1OCCC1C. The Morgan fingerprint density at radius 3 is 2.45 bits per heavy atom. The van der Waals surface area contributed by atoms with E-state index in [1.807, 2.05) is 19.2 Å². The molecule has 1 saturated heterocycles. The summed E-state index contributed by atoms with van der Waals surface area (Å²) in [5, 5.41) is 3.37. The van der Waals surface area contributed by atoms with E-state index in [4.69, 9.17) is 14.2 Å². The minimum absolute atomic E-state index is 0.127. The van der Waals surface area contributed by atoms with Crippen molar-refractivity contribution >= 4 is 15.9 Å². The van der Waals surface area contributed by atoms with E-state index in [-0.39, 0.29) is 12.1 Å². The average molecular weight is 344 g/mol. The molecule has 0 amide bonds. The van der Waals surface area contributed by atoms with Crippen LogP contribution < -0.4 is 14.8 Å².